The molecule has 0 fully saturated rings. The molecule has 0 heterocycles. The highest BCUT2D eigenvalue weighted by atomic mass is 16.5. The Labute approximate surface area is 163 Å². The lowest BCUT2D eigenvalue weighted by atomic mass is 9.99. The highest BCUT2D eigenvalue weighted by Gasteiger charge is 2.30. The van der Waals surface area contributed by atoms with Crippen LogP contribution in [-0.4, -0.2) is 23.8 Å². The number of ether oxygens (including phenoxy) is 1. The number of allylic oxidation sites excluding steroid dienone is 4. The molecule has 0 saturated heterocycles. The number of hydrogen-bond donors (Lipinski definition) is 2. The second kappa shape index (κ2) is 8.39. The molecule has 3 rings (SSSR count). The maximum atomic E-state index is 12.2. The number of rotatable bonds is 5. The predicted molar refractivity (Wildman–Crippen MR) is 109 cm³/mol. The molecule has 0 aliphatic heterocycles. The van der Waals surface area contributed by atoms with Gasteiger partial charge < -0.3 is 9.84 Å². The summed E-state index contributed by atoms with van der Waals surface area (Å²) in [7, 11) is 0. The predicted octanol–water partition coefficient (Wildman–Crippen LogP) is 5.25. The van der Waals surface area contributed by atoms with Crippen LogP contribution in [0.2, 0.25) is 0 Å². The van der Waals surface area contributed by atoms with Crippen LogP contribution >= 0.6 is 0 Å². The first kappa shape index (κ1) is 19.2. The van der Waals surface area contributed by atoms with Crippen LogP contribution in [0, 0.1) is 0 Å². The van der Waals surface area contributed by atoms with Gasteiger partial charge in [0.25, 0.3) is 0 Å². The molecular formula is C23H21NO4. The minimum atomic E-state index is -1.02. The Morgan fingerprint density at radius 2 is 1.89 bits per heavy atom. The van der Waals surface area contributed by atoms with Crippen LogP contribution in [0.1, 0.15) is 34.3 Å². The molecule has 1 atom stereocenters. The van der Waals surface area contributed by atoms with E-state index in [1.54, 1.807) is 0 Å². The van der Waals surface area contributed by atoms with Crippen molar-refractivity contribution in [1.29, 1.82) is 0 Å². The molecule has 5 heteroatoms. The fourth-order valence-electron chi connectivity index (χ4n) is 3.18. The lowest BCUT2D eigenvalue weighted by Crippen LogP contribution is -2.17. The van der Waals surface area contributed by atoms with Gasteiger partial charge in [0.1, 0.15) is 6.61 Å². The third kappa shape index (κ3) is 4.04. The number of amides is 1. The average molecular weight is 375 g/mol. The largest absolute Gasteiger partial charge is 0.478 e. The summed E-state index contributed by atoms with van der Waals surface area (Å²) in [6.45, 7) is 6.33. The van der Waals surface area contributed by atoms with E-state index in [4.69, 9.17) is 9.84 Å². The molecule has 1 aliphatic rings. The van der Waals surface area contributed by atoms with Gasteiger partial charge in [-0.2, -0.15) is 0 Å². The Bertz CT molecular complexity index is 970. The molecule has 1 aliphatic carbocycles. The standard InChI is InChI=1S/C23H21NO4/c1-3-4-7-18-15(2)21(20-9-6-5-8-19(18)20)14-28-23(27)24-17-12-10-16(11-13-17)22(25)26/h3-13,21H,2,14H2,1H3,(H,24,27)(H,25,26)/b4-3-,18-7+. The van der Waals surface area contributed by atoms with E-state index >= 15 is 0 Å². The maximum Gasteiger partial charge on any atom is 0.411 e. The van der Waals surface area contributed by atoms with E-state index in [9.17, 15) is 9.59 Å². The molecule has 1 amide bonds. The normalized spacial score (nSPS) is 17.0. The van der Waals surface area contributed by atoms with Gasteiger partial charge in [0.15, 0.2) is 0 Å². The third-order valence-corrected chi connectivity index (χ3v) is 4.61. The van der Waals surface area contributed by atoms with Crippen LogP contribution < -0.4 is 5.32 Å². The van der Waals surface area contributed by atoms with E-state index in [1.807, 2.05) is 49.4 Å². The molecule has 142 valence electrons. The zero-order valence-electron chi connectivity index (χ0n) is 15.5. The highest BCUT2D eigenvalue weighted by molar-refractivity contribution is 5.90. The molecule has 0 radical (unpaired) electrons. The van der Waals surface area contributed by atoms with Crippen molar-refractivity contribution >= 4 is 23.3 Å². The number of carbonyl (C=O) groups is 2. The Balaban J connectivity index is 1.67. The fraction of sp³-hybridized carbons (Fsp3) is 0.130. The van der Waals surface area contributed by atoms with Gasteiger partial charge in [-0.15, -0.1) is 0 Å². The smallest absolute Gasteiger partial charge is 0.411 e. The van der Waals surface area contributed by atoms with Crippen LogP contribution in [0.3, 0.4) is 0 Å². The number of anilines is 1. The molecule has 2 aromatic rings. The molecule has 0 bridgehead atoms. The summed E-state index contributed by atoms with van der Waals surface area (Å²) in [4.78, 5) is 23.0. The van der Waals surface area contributed by atoms with Gasteiger partial charge in [-0.05, 0) is 53.5 Å². The summed E-state index contributed by atoms with van der Waals surface area (Å²) in [5, 5.41) is 11.5. The molecule has 0 aromatic heterocycles. The quantitative estimate of drug-likeness (QED) is 0.749. The zero-order valence-corrected chi connectivity index (χ0v) is 15.5. The molecule has 28 heavy (non-hydrogen) atoms. The van der Waals surface area contributed by atoms with Crippen LogP contribution in [0.15, 0.2) is 78.9 Å². The number of hydrogen-bond acceptors (Lipinski definition) is 3. The molecule has 0 saturated carbocycles. The number of benzene rings is 2. The van der Waals surface area contributed by atoms with Crippen molar-refractivity contribution in [3.8, 4) is 0 Å². The highest BCUT2D eigenvalue weighted by Crippen LogP contribution is 2.44. The molecule has 2 N–H and O–H groups in total. The average Bonchev–Trinajstić information content (AvgIpc) is 2.96. The Morgan fingerprint density at radius 1 is 1.18 bits per heavy atom. The summed E-state index contributed by atoms with van der Waals surface area (Å²) < 4.78 is 5.42. The summed E-state index contributed by atoms with van der Waals surface area (Å²) in [6.07, 6.45) is 5.34. The van der Waals surface area contributed by atoms with Crippen LogP contribution in [0.4, 0.5) is 10.5 Å². The van der Waals surface area contributed by atoms with E-state index in [1.165, 1.54) is 24.3 Å². The SMILES string of the molecule is C=C1/C(=C\C=C/C)c2ccccc2C1COC(=O)Nc1ccc(C(=O)O)cc1. The van der Waals surface area contributed by atoms with Crippen molar-refractivity contribution in [3.05, 3.63) is 95.6 Å². The summed E-state index contributed by atoms with van der Waals surface area (Å²) in [5.74, 6) is -1.12. The van der Waals surface area contributed by atoms with Crippen molar-refractivity contribution in [2.45, 2.75) is 12.8 Å². The van der Waals surface area contributed by atoms with Gasteiger partial charge >= 0.3 is 12.1 Å². The molecular weight excluding hydrogens is 354 g/mol. The van der Waals surface area contributed by atoms with Crippen LogP contribution in [0.5, 0.6) is 0 Å². The van der Waals surface area contributed by atoms with Crippen LogP contribution in [-0.2, 0) is 4.74 Å². The summed E-state index contributed by atoms with van der Waals surface area (Å²) >= 11 is 0. The minimum absolute atomic E-state index is 0.104. The first-order valence-corrected chi connectivity index (χ1v) is 8.90. The van der Waals surface area contributed by atoms with E-state index in [-0.39, 0.29) is 18.1 Å². The van der Waals surface area contributed by atoms with E-state index in [0.29, 0.717) is 5.69 Å². The molecule has 1 unspecified atom stereocenters. The summed E-state index contributed by atoms with van der Waals surface area (Å²) in [6, 6.07) is 13.9. The van der Waals surface area contributed by atoms with Crippen LogP contribution in [0.25, 0.3) is 5.57 Å². The molecule has 2 aromatic carbocycles. The number of nitrogens with one attached hydrogen (secondary N) is 1. The lowest BCUT2D eigenvalue weighted by Gasteiger charge is -2.14. The third-order valence-electron chi connectivity index (χ3n) is 4.61. The van der Waals surface area contributed by atoms with E-state index in [2.05, 4.69) is 11.9 Å². The van der Waals surface area contributed by atoms with Crippen molar-refractivity contribution in [1.82, 2.24) is 0 Å². The molecule has 0 spiro atoms. The topological polar surface area (TPSA) is 75.6 Å². The van der Waals surface area contributed by atoms with Crippen molar-refractivity contribution in [2.75, 3.05) is 11.9 Å². The monoisotopic (exact) mass is 375 g/mol. The molecule has 5 nitrogen and oxygen atoms in total. The minimum Gasteiger partial charge on any atom is -0.478 e. The Hall–Kier alpha value is -3.60. The van der Waals surface area contributed by atoms with E-state index in [0.717, 1.165) is 22.3 Å². The summed E-state index contributed by atoms with van der Waals surface area (Å²) in [5.41, 5.74) is 4.77. The lowest BCUT2D eigenvalue weighted by molar-refractivity contribution is 0.0697. The number of carbonyl (C=O) groups excluding carboxylic acids is 1. The van der Waals surface area contributed by atoms with Crippen molar-refractivity contribution < 1.29 is 19.4 Å². The van der Waals surface area contributed by atoms with Gasteiger partial charge in [0.2, 0.25) is 0 Å². The van der Waals surface area contributed by atoms with Gasteiger partial charge in [-0.1, -0.05) is 49.1 Å². The van der Waals surface area contributed by atoms with Gasteiger partial charge in [-0.25, -0.2) is 9.59 Å². The number of fused-ring (bicyclic) bond motifs is 1. The van der Waals surface area contributed by atoms with Crippen molar-refractivity contribution in [2.24, 2.45) is 0 Å². The van der Waals surface area contributed by atoms with E-state index < -0.39 is 12.1 Å². The number of aromatic carboxylic acids is 1. The second-order valence-electron chi connectivity index (χ2n) is 6.38. The zero-order chi connectivity index (χ0) is 20.1. The number of carboxylic acids is 1. The Kier molecular flexibility index (Phi) is 5.75. The Morgan fingerprint density at radius 3 is 2.57 bits per heavy atom. The van der Waals surface area contributed by atoms with Gasteiger partial charge in [0, 0.05) is 11.6 Å². The van der Waals surface area contributed by atoms with Gasteiger partial charge in [0.05, 0.1) is 5.56 Å². The first-order valence-electron chi connectivity index (χ1n) is 8.90. The van der Waals surface area contributed by atoms with Crippen molar-refractivity contribution in [3.63, 3.8) is 0 Å². The first-order chi connectivity index (χ1) is 13.5. The number of carboxylic acid groups (broad SMARTS) is 1. The second-order valence-corrected chi connectivity index (χ2v) is 6.38. The maximum absolute atomic E-state index is 12.2. The van der Waals surface area contributed by atoms with Gasteiger partial charge in [-0.3, -0.25) is 5.32 Å². The fourth-order valence-corrected chi connectivity index (χ4v) is 3.18.